The number of aromatic amines is 1. The Morgan fingerprint density at radius 3 is 3.08 bits per heavy atom. The molecule has 2 heterocycles. The summed E-state index contributed by atoms with van der Waals surface area (Å²) in [4.78, 5) is 5.04. The molecule has 0 spiro atoms. The second-order valence-electron chi connectivity index (χ2n) is 2.05. The summed E-state index contributed by atoms with van der Waals surface area (Å²) in [5.74, 6) is 0.593. The number of nitrogens with one attached hydrogen (secondary N) is 1. The lowest BCUT2D eigenvalue weighted by Gasteiger charge is -1.92. The molecule has 0 aromatic carbocycles. The van der Waals surface area contributed by atoms with Crippen LogP contribution in [-0.2, 0) is 0 Å². The molecule has 0 aliphatic rings. The first kappa shape index (κ1) is 7.63. The van der Waals surface area contributed by atoms with Gasteiger partial charge in [0, 0.05) is 11.6 Å². The Kier molecular flexibility index (Phi) is 2.01. The van der Waals surface area contributed by atoms with Crippen molar-refractivity contribution in [3.8, 4) is 0 Å². The minimum atomic E-state index is 0.593. The van der Waals surface area contributed by atoms with Gasteiger partial charge in [0.1, 0.15) is 5.82 Å². The van der Waals surface area contributed by atoms with Gasteiger partial charge in [0.2, 0.25) is 0 Å². The van der Waals surface area contributed by atoms with Gasteiger partial charge in [0.25, 0.3) is 0 Å². The number of thiazole rings is 1. The maximum absolute atomic E-state index is 5.60. The van der Waals surface area contributed by atoms with Crippen LogP contribution < -0.4 is 5.73 Å². The number of nitrogens with two attached hydrogens (primary N) is 1. The maximum Gasteiger partial charge on any atom is 0.154 e. The lowest BCUT2D eigenvalue weighted by Crippen LogP contribution is -1.85. The van der Waals surface area contributed by atoms with Gasteiger partial charge in [-0.25, -0.2) is 4.98 Å². The van der Waals surface area contributed by atoms with Crippen LogP contribution in [0.25, 0.3) is 0 Å². The first-order valence-electron chi connectivity index (χ1n) is 3.22. The minimum absolute atomic E-state index is 0.593. The number of hydrogen-bond donors (Lipinski definition) is 2. The fourth-order valence-electron chi connectivity index (χ4n) is 0.721. The largest absolute Gasteiger partial charge is 0.383 e. The average Bonchev–Trinajstić information content (AvgIpc) is 2.65. The third-order valence-electron chi connectivity index (χ3n) is 1.24. The third-order valence-corrected chi connectivity index (χ3v) is 3.17. The highest BCUT2D eigenvalue weighted by molar-refractivity contribution is 8.01. The summed E-state index contributed by atoms with van der Waals surface area (Å²) in [5.41, 5.74) is 5.60. The SMILES string of the molecule is Nc1[nH]ncc1Sc1nccs1. The van der Waals surface area contributed by atoms with Crippen molar-refractivity contribution in [2.45, 2.75) is 9.24 Å². The number of H-pyrrole nitrogens is 1. The van der Waals surface area contributed by atoms with Crippen LogP contribution in [0.1, 0.15) is 0 Å². The van der Waals surface area contributed by atoms with E-state index in [1.165, 1.54) is 11.8 Å². The van der Waals surface area contributed by atoms with Crippen molar-refractivity contribution in [1.29, 1.82) is 0 Å². The molecule has 0 saturated heterocycles. The Labute approximate surface area is 77.2 Å². The lowest BCUT2D eigenvalue weighted by atomic mass is 10.7. The van der Waals surface area contributed by atoms with Crippen LogP contribution in [0.15, 0.2) is 27.0 Å². The summed E-state index contributed by atoms with van der Waals surface area (Å²) < 4.78 is 0.975. The summed E-state index contributed by atoms with van der Waals surface area (Å²) in [6, 6.07) is 0. The van der Waals surface area contributed by atoms with E-state index in [2.05, 4.69) is 15.2 Å². The summed E-state index contributed by atoms with van der Waals surface area (Å²) in [7, 11) is 0. The standard InChI is InChI=1S/C6H6N4S2/c7-5-4(3-9-10-5)12-6-8-1-2-11-6/h1-3H,(H3,7,9,10). The summed E-state index contributed by atoms with van der Waals surface area (Å²) >= 11 is 3.10. The van der Waals surface area contributed by atoms with Crippen LogP contribution in [0.4, 0.5) is 5.82 Å². The van der Waals surface area contributed by atoms with Gasteiger partial charge in [-0.3, -0.25) is 5.10 Å². The molecule has 6 heteroatoms. The molecule has 0 fully saturated rings. The topological polar surface area (TPSA) is 67.6 Å². The van der Waals surface area contributed by atoms with Gasteiger partial charge in [0.05, 0.1) is 11.1 Å². The van der Waals surface area contributed by atoms with Gasteiger partial charge >= 0.3 is 0 Å². The molecule has 0 unspecified atom stereocenters. The zero-order valence-electron chi connectivity index (χ0n) is 6.02. The molecule has 12 heavy (non-hydrogen) atoms. The van der Waals surface area contributed by atoms with Gasteiger partial charge in [-0.05, 0) is 0 Å². The normalized spacial score (nSPS) is 10.3. The molecule has 0 radical (unpaired) electrons. The average molecular weight is 198 g/mol. The monoisotopic (exact) mass is 198 g/mol. The highest BCUT2D eigenvalue weighted by Gasteiger charge is 2.04. The fraction of sp³-hybridized carbons (Fsp3) is 0. The number of anilines is 1. The van der Waals surface area contributed by atoms with E-state index < -0.39 is 0 Å². The Balaban J connectivity index is 2.20. The van der Waals surface area contributed by atoms with Crippen molar-refractivity contribution >= 4 is 28.9 Å². The van der Waals surface area contributed by atoms with E-state index in [9.17, 15) is 0 Å². The zero-order valence-corrected chi connectivity index (χ0v) is 7.65. The van der Waals surface area contributed by atoms with Gasteiger partial charge in [-0.15, -0.1) is 11.3 Å². The number of nitrogens with zero attached hydrogens (tertiary/aromatic N) is 2. The Hall–Kier alpha value is -1.01. The maximum atomic E-state index is 5.60. The van der Waals surface area contributed by atoms with Crippen molar-refractivity contribution in [2.24, 2.45) is 0 Å². The lowest BCUT2D eigenvalue weighted by molar-refractivity contribution is 1.10. The van der Waals surface area contributed by atoms with Crippen LogP contribution in [-0.4, -0.2) is 15.2 Å². The van der Waals surface area contributed by atoms with Crippen LogP contribution >= 0.6 is 23.1 Å². The van der Waals surface area contributed by atoms with Crippen LogP contribution in [0, 0.1) is 0 Å². The Morgan fingerprint density at radius 2 is 2.50 bits per heavy atom. The van der Waals surface area contributed by atoms with Crippen molar-refractivity contribution in [1.82, 2.24) is 15.2 Å². The fourth-order valence-corrected chi connectivity index (χ4v) is 2.27. The molecular weight excluding hydrogens is 192 g/mol. The molecule has 62 valence electrons. The molecule has 0 bridgehead atoms. The van der Waals surface area contributed by atoms with Crippen molar-refractivity contribution in [3.63, 3.8) is 0 Å². The smallest absolute Gasteiger partial charge is 0.154 e. The van der Waals surface area contributed by atoms with Crippen LogP contribution in [0.2, 0.25) is 0 Å². The van der Waals surface area contributed by atoms with E-state index >= 15 is 0 Å². The second kappa shape index (κ2) is 3.16. The molecule has 2 aromatic rings. The summed E-state index contributed by atoms with van der Waals surface area (Å²) in [5, 5.41) is 8.40. The molecular formula is C6H6N4S2. The molecule has 0 aliphatic heterocycles. The van der Waals surface area contributed by atoms with Gasteiger partial charge in [0.15, 0.2) is 4.34 Å². The predicted octanol–water partition coefficient (Wildman–Crippen LogP) is 1.60. The summed E-state index contributed by atoms with van der Waals surface area (Å²) in [6.45, 7) is 0. The molecule has 3 N–H and O–H groups in total. The molecule has 0 atom stereocenters. The molecule has 0 amide bonds. The first-order chi connectivity index (χ1) is 5.86. The van der Waals surface area contributed by atoms with Crippen LogP contribution in [0.3, 0.4) is 0 Å². The van der Waals surface area contributed by atoms with E-state index in [-0.39, 0.29) is 0 Å². The Morgan fingerprint density at radius 1 is 1.58 bits per heavy atom. The van der Waals surface area contributed by atoms with Gasteiger partial charge in [-0.1, -0.05) is 11.8 Å². The highest BCUT2D eigenvalue weighted by Crippen LogP contribution is 2.31. The van der Waals surface area contributed by atoms with E-state index in [1.807, 2.05) is 5.38 Å². The minimum Gasteiger partial charge on any atom is -0.383 e. The number of nitrogen functional groups attached to an aromatic ring is 1. The van der Waals surface area contributed by atoms with Crippen molar-refractivity contribution in [2.75, 3.05) is 5.73 Å². The molecule has 4 nitrogen and oxygen atoms in total. The molecule has 0 saturated carbocycles. The zero-order chi connectivity index (χ0) is 8.39. The van der Waals surface area contributed by atoms with Crippen molar-refractivity contribution in [3.05, 3.63) is 17.8 Å². The number of aromatic nitrogens is 3. The van der Waals surface area contributed by atoms with Crippen molar-refractivity contribution < 1.29 is 0 Å². The molecule has 2 rings (SSSR count). The second-order valence-corrected chi connectivity index (χ2v) is 4.23. The number of hydrogen-bond acceptors (Lipinski definition) is 5. The summed E-state index contributed by atoms with van der Waals surface area (Å²) in [6.07, 6.45) is 3.46. The van der Waals surface area contributed by atoms with E-state index in [1.54, 1.807) is 23.7 Å². The van der Waals surface area contributed by atoms with E-state index in [0.717, 1.165) is 9.24 Å². The van der Waals surface area contributed by atoms with E-state index in [4.69, 9.17) is 5.73 Å². The predicted molar refractivity (Wildman–Crippen MR) is 49.2 cm³/mol. The van der Waals surface area contributed by atoms with Gasteiger partial charge < -0.3 is 5.73 Å². The highest BCUT2D eigenvalue weighted by atomic mass is 32.2. The van der Waals surface area contributed by atoms with Crippen LogP contribution in [0.5, 0.6) is 0 Å². The third kappa shape index (κ3) is 1.44. The molecule has 2 aromatic heterocycles. The van der Waals surface area contributed by atoms with E-state index in [0.29, 0.717) is 5.82 Å². The first-order valence-corrected chi connectivity index (χ1v) is 4.92. The quantitative estimate of drug-likeness (QED) is 0.769. The number of rotatable bonds is 2. The molecule has 0 aliphatic carbocycles. The van der Waals surface area contributed by atoms with Gasteiger partial charge in [-0.2, -0.15) is 5.10 Å². The Bertz CT molecular complexity index is 353.